The molecule has 0 amide bonds. The summed E-state index contributed by atoms with van der Waals surface area (Å²) in [4.78, 5) is 15.0. The van der Waals surface area contributed by atoms with Gasteiger partial charge in [-0.2, -0.15) is 0 Å². The van der Waals surface area contributed by atoms with Crippen LogP contribution in [0.4, 0.5) is 0 Å². The van der Waals surface area contributed by atoms with Crippen LogP contribution < -0.4 is 4.74 Å². The zero-order valence-corrected chi connectivity index (χ0v) is 8.94. The maximum absolute atomic E-state index is 10.9. The number of benzene rings is 1. The number of ether oxygens (including phenoxy) is 1. The van der Waals surface area contributed by atoms with E-state index in [-0.39, 0.29) is 17.5 Å². The fourth-order valence-electron chi connectivity index (χ4n) is 1.31. The average Bonchev–Trinajstić information content (AvgIpc) is 2.30. The summed E-state index contributed by atoms with van der Waals surface area (Å²) in [6.07, 6.45) is 0. The molecule has 0 spiro atoms. The van der Waals surface area contributed by atoms with Gasteiger partial charge in [-0.25, -0.2) is 4.98 Å². The molecule has 2 aromatic rings. The number of aromatic nitrogens is 1. The lowest BCUT2D eigenvalue weighted by atomic mass is 10.2. The quantitative estimate of drug-likeness (QED) is 0.642. The zero-order valence-electron chi connectivity index (χ0n) is 8.18. The number of carbonyl (C=O) groups is 1. The van der Waals surface area contributed by atoms with E-state index in [1.54, 1.807) is 24.3 Å². The molecule has 0 fully saturated rings. The molecule has 16 heavy (non-hydrogen) atoms. The van der Waals surface area contributed by atoms with Crippen molar-refractivity contribution in [1.82, 2.24) is 4.98 Å². The third-order valence-electron chi connectivity index (χ3n) is 2.00. The first-order valence-corrected chi connectivity index (χ1v) is 5.09. The Hall–Kier alpha value is -1.81. The third kappa shape index (κ3) is 2.06. The molecule has 0 atom stereocenters. The number of hydrogen-bond donors (Lipinski definition) is 1. The van der Waals surface area contributed by atoms with Gasteiger partial charge in [-0.15, -0.1) is 11.6 Å². The van der Waals surface area contributed by atoms with Gasteiger partial charge in [0.05, 0.1) is 0 Å². The van der Waals surface area contributed by atoms with E-state index < -0.39 is 5.97 Å². The molecule has 1 N–H and O–H groups in total. The van der Waals surface area contributed by atoms with Crippen LogP contribution in [0.1, 0.15) is 0 Å². The lowest BCUT2D eigenvalue weighted by Gasteiger charge is -2.03. The third-order valence-corrected chi connectivity index (χ3v) is 2.22. The van der Waals surface area contributed by atoms with Crippen molar-refractivity contribution in [3.05, 3.63) is 30.3 Å². The van der Waals surface area contributed by atoms with E-state index >= 15 is 0 Å². The highest BCUT2D eigenvalue weighted by molar-refractivity contribution is 6.26. The molecular weight excluding hydrogens is 230 g/mol. The van der Waals surface area contributed by atoms with Gasteiger partial charge >= 0.3 is 5.97 Å². The van der Waals surface area contributed by atoms with E-state index in [0.29, 0.717) is 5.52 Å². The van der Waals surface area contributed by atoms with Crippen molar-refractivity contribution in [3.63, 3.8) is 0 Å². The van der Waals surface area contributed by atoms with Crippen molar-refractivity contribution in [2.24, 2.45) is 0 Å². The molecule has 1 aromatic carbocycles. The Morgan fingerprint density at radius 2 is 2.19 bits per heavy atom. The summed E-state index contributed by atoms with van der Waals surface area (Å²) in [5.74, 6) is -0.648. The second-order valence-corrected chi connectivity index (χ2v) is 3.37. The van der Waals surface area contributed by atoms with Crippen molar-refractivity contribution < 1.29 is 14.6 Å². The second-order valence-electron chi connectivity index (χ2n) is 3.11. The highest BCUT2D eigenvalue weighted by atomic mass is 35.5. The Labute approximate surface area is 96.4 Å². The number of rotatable bonds is 2. The molecule has 1 aromatic heterocycles. The molecule has 0 saturated carbocycles. The van der Waals surface area contributed by atoms with Crippen LogP contribution in [0.3, 0.4) is 0 Å². The van der Waals surface area contributed by atoms with E-state index in [1.165, 1.54) is 6.07 Å². The lowest BCUT2D eigenvalue weighted by Crippen LogP contribution is -2.09. The zero-order chi connectivity index (χ0) is 11.5. The van der Waals surface area contributed by atoms with Crippen LogP contribution in [-0.4, -0.2) is 21.9 Å². The second kappa shape index (κ2) is 4.37. The van der Waals surface area contributed by atoms with Gasteiger partial charge < -0.3 is 9.84 Å². The number of hydrogen-bond acceptors (Lipinski definition) is 4. The molecular formula is C11H8ClNO3. The van der Waals surface area contributed by atoms with Crippen molar-refractivity contribution in [3.8, 4) is 11.6 Å². The summed E-state index contributed by atoms with van der Waals surface area (Å²) >= 11 is 5.30. The number of fused-ring (bicyclic) bond motifs is 1. The predicted octanol–water partition coefficient (Wildman–Crippen LogP) is 2.08. The number of para-hydroxylation sites is 1. The Bertz CT molecular complexity index is 542. The number of carbonyl (C=O) groups excluding carboxylic acids is 1. The minimum Gasteiger partial charge on any atom is -0.506 e. The molecule has 5 heteroatoms. The predicted molar refractivity (Wildman–Crippen MR) is 59.8 cm³/mol. The molecule has 4 nitrogen and oxygen atoms in total. The van der Waals surface area contributed by atoms with E-state index in [0.717, 1.165) is 5.39 Å². The first kappa shape index (κ1) is 10.7. The first-order valence-electron chi connectivity index (χ1n) is 4.56. The SMILES string of the molecule is O=C(CCl)Oc1ccc2cccc(O)c2n1. The van der Waals surface area contributed by atoms with Crippen molar-refractivity contribution in [2.45, 2.75) is 0 Å². The Morgan fingerprint density at radius 3 is 2.94 bits per heavy atom. The molecule has 0 bridgehead atoms. The average molecular weight is 238 g/mol. The monoisotopic (exact) mass is 237 g/mol. The van der Waals surface area contributed by atoms with E-state index in [2.05, 4.69) is 4.98 Å². The van der Waals surface area contributed by atoms with E-state index in [4.69, 9.17) is 16.3 Å². The minimum atomic E-state index is -0.580. The van der Waals surface area contributed by atoms with Gasteiger partial charge in [0, 0.05) is 11.5 Å². The highest BCUT2D eigenvalue weighted by Crippen LogP contribution is 2.24. The molecule has 1 heterocycles. The normalized spacial score (nSPS) is 10.3. The number of esters is 1. The summed E-state index contributed by atoms with van der Waals surface area (Å²) in [5.41, 5.74) is 0.391. The van der Waals surface area contributed by atoms with Crippen LogP contribution in [0.15, 0.2) is 30.3 Å². The van der Waals surface area contributed by atoms with Crippen molar-refractivity contribution in [1.29, 1.82) is 0 Å². The van der Waals surface area contributed by atoms with Gasteiger partial charge in [0.1, 0.15) is 17.1 Å². The van der Waals surface area contributed by atoms with Crippen LogP contribution in [-0.2, 0) is 4.79 Å². The first-order chi connectivity index (χ1) is 7.70. The maximum Gasteiger partial charge on any atom is 0.327 e. The summed E-state index contributed by atoms with van der Waals surface area (Å²) in [7, 11) is 0. The Kier molecular flexibility index (Phi) is 2.92. The lowest BCUT2D eigenvalue weighted by molar-refractivity contribution is -0.131. The number of halogens is 1. The van der Waals surface area contributed by atoms with E-state index in [9.17, 15) is 9.90 Å². The van der Waals surface area contributed by atoms with Crippen LogP contribution in [0.25, 0.3) is 10.9 Å². The van der Waals surface area contributed by atoms with Crippen molar-refractivity contribution >= 4 is 28.5 Å². The molecule has 0 aliphatic heterocycles. The van der Waals surface area contributed by atoms with Gasteiger partial charge in [0.15, 0.2) is 0 Å². The summed E-state index contributed by atoms with van der Waals surface area (Å²) in [6.45, 7) is 0. The molecule has 82 valence electrons. The standard InChI is InChI=1S/C11H8ClNO3/c12-6-10(15)16-9-5-4-7-2-1-3-8(14)11(7)13-9/h1-5,14H,6H2. The van der Waals surface area contributed by atoms with Gasteiger partial charge in [0.2, 0.25) is 5.88 Å². The Balaban J connectivity index is 2.43. The maximum atomic E-state index is 10.9. The molecule has 0 radical (unpaired) electrons. The number of pyridine rings is 1. The smallest absolute Gasteiger partial charge is 0.327 e. The fourth-order valence-corrected chi connectivity index (χ4v) is 1.37. The summed E-state index contributed by atoms with van der Waals surface area (Å²) in [6, 6.07) is 8.28. The number of alkyl halides is 1. The number of aromatic hydroxyl groups is 1. The molecule has 0 saturated heterocycles. The van der Waals surface area contributed by atoms with E-state index in [1.807, 2.05) is 0 Å². The number of phenols is 1. The van der Waals surface area contributed by atoms with Crippen LogP contribution in [0.2, 0.25) is 0 Å². The fraction of sp³-hybridized carbons (Fsp3) is 0.0909. The van der Waals surface area contributed by atoms with Gasteiger partial charge in [-0.3, -0.25) is 4.79 Å². The van der Waals surface area contributed by atoms with Gasteiger partial charge in [-0.1, -0.05) is 12.1 Å². The number of phenolic OH excluding ortho intramolecular Hbond substituents is 1. The largest absolute Gasteiger partial charge is 0.506 e. The molecule has 0 aliphatic rings. The minimum absolute atomic E-state index is 0.0428. The van der Waals surface area contributed by atoms with Gasteiger partial charge in [0.25, 0.3) is 0 Å². The highest BCUT2D eigenvalue weighted by Gasteiger charge is 2.06. The van der Waals surface area contributed by atoms with Crippen LogP contribution in [0.5, 0.6) is 11.6 Å². The topological polar surface area (TPSA) is 59.4 Å². The molecule has 0 aliphatic carbocycles. The van der Waals surface area contributed by atoms with Crippen LogP contribution in [0, 0.1) is 0 Å². The van der Waals surface area contributed by atoms with Crippen molar-refractivity contribution in [2.75, 3.05) is 5.88 Å². The summed E-state index contributed by atoms with van der Waals surface area (Å²) in [5, 5.41) is 10.3. The molecule has 0 unspecified atom stereocenters. The Morgan fingerprint density at radius 1 is 1.38 bits per heavy atom. The summed E-state index contributed by atoms with van der Waals surface area (Å²) < 4.78 is 4.83. The molecule has 2 rings (SSSR count). The van der Waals surface area contributed by atoms with Crippen LogP contribution >= 0.6 is 11.6 Å². The number of nitrogens with zero attached hydrogens (tertiary/aromatic N) is 1. The van der Waals surface area contributed by atoms with Gasteiger partial charge in [-0.05, 0) is 12.1 Å².